The van der Waals surface area contributed by atoms with Gasteiger partial charge in [0.05, 0.1) is 0 Å². The Morgan fingerprint density at radius 3 is 2.24 bits per heavy atom. The molecule has 1 rings (SSSR count). The molecule has 0 fully saturated rings. The van der Waals surface area contributed by atoms with Crippen molar-refractivity contribution < 1.29 is 19.0 Å². The zero-order valence-corrected chi connectivity index (χ0v) is 13.7. The highest BCUT2D eigenvalue weighted by Crippen LogP contribution is 2.23. The summed E-state index contributed by atoms with van der Waals surface area (Å²) in [4.78, 5) is 11.8. The Balaban J connectivity index is 2.86. The first kappa shape index (κ1) is 17.7. The monoisotopic (exact) mass is 294 g/mol. The molecule has 0 aromatic heterocycles. The van der Waals surface area contributed by atoms with Gasteiger partial charge in [-0.15, -0.1) is 0 Å². The third-order valence-corrected chi connectivity index (χ3v) is 3.27. The first-order valence-electron chi connectivity index (χ1n) is 7.53. The molecule has 4 nitrogen and oxygen atoms in total. The van der Waals surface area contributed by atoms with Crippen LogP contribution in [-0.4, -0.2) is 31.9 Å². The van der Waals surface area contributed by atoms with Gasteiger partial charge in [-0.3, -0.25) is 4.79 Å². The average Bonchev–Trinajstić information content (AvgIpc) is 2.44. The summed E-state index contributed by atoms with van der Waals surface area (Å²) in [6.45, 7) is 10.9. The first-order valence-corrected chi connectivity index (χ1v) is 7.53. The molecular formula is C17H26O4. The molecule has 0 aliphatic rings. The molecule has 0 unspecified atom stereocenters. The van der Waals surface area contributed by atoms with Crippen LogP contribution in [0.25, 0.3) is 0 Å². The normalized spacial score (nSPS) is 11.0. The molecule has 0 heterocycles. The highest BCUT2D eigenvalue weighted by Gasteiger charge is 2.13. The standard InChI is InChI=1S/C17H26O4/c1-6-15-12(4)9-14(10-16(15)13(5)18)21-11-17(19-7-2)20-8-3/h9-10,17H,6-8,11H2,1-5H3. The van der Waals surface area contributed by atoms with E-state index in [-0.39, 0.29) is 12.1 Å². The quantitative estimate of drug-likeness (QED) is 0.516. The second-order valence-electron chi connectivity index (χ2n) is 4.83. The van der Waals surface area contributed by atoms with E-state index in [2.05, 4.69) is 6.92 Å². The molecule has 0 aliphatic carbocycles. The van der Waals surface area contributed by atoms with Crippen molar-refractivity contribution in [2.45, 2.75) is 47.3 Å². The van der Waals surface area contributed by atoms with Crippen LogP contribution < -0.4 is 4.74 Å². The molecule has 0 saturated carbocycles. The van der Waals surface area contributed by atoms with Crippen LogP contribution in [0.5, 0.6) is 5.75 Å². The van der Waals surface area contributed by atoms with E-state index >= 15 is 0 Å². The minimum atomic E-state index is -0.382. The summed E-state index contributed by atoms with van der Waals surface area (Å²) in [5.74, 6) is 0.742. The van der Waals surface area contributed by atoms with Gasteiger partial charge < -0.3 is 14.2 Å². The van der Waals surface area contributed by atoms with Gasteiger partial charge in [-0.2, -0.15) is 0 Å². The number of hydrogen-bond acceptors (Lipinski definition) is 4. The number of ether oxygens (including phenoxy) is 3. The summed E-state index contributed by atoms with van der Waals surface area (Å²) < 4.78 is 16.6. The lowest BCUT2D eigenvalue weighted by atomic mass is 9.97. The smallest absolute Gasteiger partial charge is 0.191 e. The van der Waals surface area contributed by atoms with Crippen molar-refractivity contribution in [2.24, 2.45) is 0 Å². The number of benzene rings is 1. The Bertz CT molecular complexity index is 462. The summed E-state index contributed by atoms with van der Waals surface area (Å²) in [5.41, 5.74) is 2.89. The fourth-order valence-corrected chi connectivity index (χ4v) is 2.33. The van der Waals surface area contributed by atoms with Crippen LogP contribution in [0, 0.1) is 6.92 Å². The van der Waals surface area contributed by atoms with Gasteiger partial charge in [0.25, 0.3) is 0 Å². The maximum Gasteiger partial charge on any atom is 0.191 e. The molecule has 0 atom stereocenters. The number of carbonyl (C=O) groups excluding carboxylic acids is 1. The third kappa shape index (κ3) is 5.14. The van der Waals surface area contributed by atoms with Gasteiger partial charge in [-0.25, -0.2) is 0 Å². The van der Waals surface area contributed by atoms with Crippen LogP contribution in [0.4, 0.5) is 0 Å². The van der Waals surface area contributed by atoms with Crippen LogP contribution in [0.3, 0.4) is 0 Å². The number of rotatable bonds is 9. The van der Waals surface area contributed by atoms with E-state index in [0.717, 1.165) is 23.1 Å². The second-order valence-corrected chi connectivity index (χ2v) is 4.83. The van der Waals surface area contributed by atoms with Crippen molar-refractivity contribution in [1.82, 2.24) is 0 Å². The number of aryl methyl sites for hydroxylation is 1. The minimum absolute atomic E-state index is 0.0616. The Morgan fingerprint density at radius 2 is 1.76 bits per heavy atom. The van der Waals surface area contributed by atoms with Gasteiger partial charge in [0.15, 0.2) is 12.1 Å². The molecule has 1 aromatic rings. The number of ketones is 1. The van der Waals surface area contributed by atoms with E-state index in [1.165, 1.54) is 0 Å². The average molecular weight is 294 g/mol. The third-order valence-electron chi connectivity index (χ3n) is 3.27. The predicted molar refractivity (Wildman–Crippen MR) is 83.1 cm³/mol. The highest BCUT2D eigenvalue weighted by molar-refractivity contribution is 5.96. The van der Waals surface area contributed by atoms with Crippen molar-refractivity contribution >= 4 is 5.78 Å². The van der Waals surface area contributed by atoms with Crippen molar-refractivity contribution in [3.63, 3.8) is 0 Å². The topological polar surface area (TPSA) is 44.8 Å². The maximum absolute atomic E-state index is 11.8. The van der Waals surface area contributed by atoms with Gasteiger partial charge in [-0.05, 0) is 57.4 Å². The highest BCUT2D eigenvalue weighted by atomic mass is 16.7. The second kappa shape index (κ2) is 8.80. The number of hydrogen-bond donors (Lipinski definition) is 0. The maximum atomic E-state index is 11.8. The molecular weight excluding hydrogens is 268 g/mol. The Hall–Kier alpha value is -1.39. The zero-order valence-electron chi connectivity index (χ0n) is 13.7. The summed E-state index contributed by atoms with van der Waals surface area (Å²) in [7, 11) is 0. The number of carbonyl (C=O) groups is 1. The molecule has 0 saturated heterocycles. The number of Topliss-reactive ketones (excluding diaryl/α,β-unsaturated/α-hetero) is 1. The molecule has 0 amide bonds. The van der Waals surface area contributed by atoms with Crippen molar-refractivity contribution in [2.75, 3.05) is 19.8 Å². The van der Waals surface area contributed by atoms with Crippen molar-refractivity contribution in [3.05, 3.63) is 28.8 Å². The SMILES string of the molecule is CCOC(COc1cc(C)c(CC)c(C(C)=O)c1)OCC. The molecule has 0 N–H and O–H groups in total. The van der Waals surface area contributed by atoms with Gasteiger partial charge >= 0.3 is 0 Å². The Morgan fingerprint density at radius 1 is 1.14 bits per heavy atom. The molecule has 21 heavy (non-hydrogen) atoms. The van der Waals surface area contributed by atoms with E-state index in [4.69, 9.17) is 14.2 Å². The summed E-state index contributed by atoms with van der Waals surface area (Å²) in [5, 5.41) is 0. The van der Waals surface area contributed by atoms with Gasteiger partial charge in [-0.1, -0.05) is 6.92 Å². The van der Waals surface area contributed by atoms with Gasteiger partial charge in [0, 0.05) is 18.8 Å². The van der Waals surface area contributed by atoms with E-state index in [1.807, 2.05) is 32.9 Å². The zero-order chi connectivity index (χ0) is 15.8. The van der Waals surface area contributed by atoms with Gasteiger partial charge in [0.1, 0.15) is 12.4 Å². The lowest BCUT2D eigenvalue weighted by molar-refractivity contribution is -0.152. The van der Waals surface area contributed by atoms with Crippen LogP contribution in [0.15, 0.2) is 12.1 Å². The summed E-state index contributed by atoms with van der Waals surface area (Å²) >= 11 is 0. The molecule has 118 valence electrons. The molecule has 0 bridgehead atoms. The molecule has 0 radical (unpaired) electrons. The van der Waals surface area contributed by atoms with E-state index in [9.17, 15) is 4.79 Å². The van der Waals surface area contributed by atoms with Crippen LogP contribution >= 0.6 is 0 Å². The fraction of sp³-hybridized carbons (Fsp3) is 0.588. The summed E-state index contributed by atoms with van der Waals surface area (Å²) in [6.07, 6.45) is 0.452. The van der Waals surface area contributed by atoms with Crippen molar-refractivity contribution in [3.8, 4) is 5.75 Å². The molecule has 0 aliphatic heterocycles. The Kier molecular flexibility index (Phi) is 7.40. The van der Waals surface area contributed by atoms with Gasteiger partial charge in [0.2, 0.25) is 0 Å². The van der Waals surface area contributed by atoms with Crippen LogP contribution in [-0.2, 0) is 15.9 Å². The molecule has 0 spiro atoms. The van der Waals surface area contributed by atoms with Crippen LogP contribution in [0.2, 0.25) is 0 Å². The van der Waals surface area contributed by atoms with E-state index < -0.39 is 0 Å². The van der Waals surface area contributed by atoms with E-state index in [0.29, 0.717) is 25.6 Å². The molecule has 1 aromatic carbocycles. The lowest BCUT2D eigenvalue weighted by Crippen LogP contribution is -2.25. The Labute approximate surface area is 127 Å². The predicted octanol–water partition coefficient (Wildman–Crippen LogP) is 3.54. The van der Waals surface area contributed by atoms with Crippen LogP contribution in [0.1, 0.15) is 49.2 Å². The first-order chi connectivity index (χ1) is 10.0. The van der Waals surface area contributed by atoms with E-state index in [1.54, 1.807) is 6.92 Å². The fourth-order valence-electron chi connectivity index (χ4n) is 2.33. The van der Waals surface area contributed by atoms with Crippen molar-refractivity contribution in [1.29, 1.82) is 0 Å². The largest absolute Gasteiger partial charge is 0.488 e. The summed E-state index contributed by atoms with van der Waals surface area (Å²) in [6, 6.07) is 3.77. The molecule has 4 heteroatoms. The lowest BCUT2D eigenvalue weighted by Gasteiger charge is -2.18. The minimum Gasteiger partial charge on any atom is -0.488 e.